The summed E-state index contributed by atoms with van der Waals surface area (Å²) in [6, 6.07) is 22.4. The van der Waals surface area contributed by atoms with Crippen LogP contribution in [0.25, 0.3) is 22.4 Å². The Morgan fingerprint density at radius 1 is 0.939 bits per heavy atom. The average Bonchev–Trinajstić information content (AvgIpc) is 3.30. The Morgan fingerprint density at radius 2 is 1.58 bits per heavy atom. The van der Waals surface area contributed by atoms with E-state index in [0.29, 0.717) is 5.11 Å². The second kappa shape index (κ2) is 9.83. The molecule has 0 aliphatic rings. The number of hydrogen-bond donors (Lipinski definition) is 2. The van der Waals surface area contributed by atoms with E-state index in [1.165, 1.54) is 12.1 Å². The maximum absolute atomic E-state index is 13.1. The molecule has 0 saturated carbocycles. The molecule has 1 heterocycles. The van der Waals surface area contributed by atoms with Crippen molar-refractivity contribution in [2.45, 2.75) is 13.0 Å². The molecule has 4 rings (SSSR count). The largest absolute Gasteiger partial charge is 0.378 e. The molecule has 2 N–H and O–H groups in total. The number of hydrogen-bond acceptors (Lipinski definition) is 4. The molecule has 0 bridgehead atoms. The lowest BCUT2D eigenvalue weighted by molar-refractivity contribution is 0.422. The van der Waals surface area contributed by atoms with Crippen LogP contribution in [0.3, 0.4) is 0 Å². The van der Waals surface area contributed by atoms with Crippen molar-refractivity contribution < 1.29 is 8.91 Å². The second-order valence-corrected chi connectivity index (χ2v) is 8.38. The molecule has 0 spiro atoms. The van der Waals surface area contributed by atoms with E-state index in [1.807, 2.05) is 57.4 Å². The predicted octanol–water partition coefficient (Wildman–Crippen LogP) is 6.26. The average molecular weight is 461 g/mol. The summed E-state index contributed by atoms with van der Waals surface area (Å²) in [7, 11) is 4.02. The Morgan fingerprint density at radius 3 is 2.21 bits per heavy atom. The summed E-state index contributed by atoms with van der Waals surface area (Å²) in [6.45, 7) is 1.98. The van der Waals surface area contributed by atoms with Crippen molar-refractivity contribution in [3.63, 3.8) is 0 Å². The molecular formula is C26H25FN4OS. The van der Waals surface area contributed by atoms with Crippen molar-refractivity contribution in [2.24, 2.45) is 0 Å². The summed E-state index contributed by atoms with van der Waals surface area (Å²) in [5.41, 5.74) is 6.64. The predicted molar refractivity (Wildman–Crippen MR) is 136 cm³/mol. The summed E-state index contributed by atoms with van der Waals surface area (Å²) in [6.07, 6.45) is 1.66. The first-order valence-corrected chi connectivity index (χ1v) is 11.0. The smallest absolute Gasteiger partial charge is 0.171 e. The van der Waals surface area contributed by atoms with E-state index >= 15 is 0 Å². The summed E-state index contributed by atoms with van der Waals surface area (Å²) in [4.78, 5) is 2.05. The molecule has 0 saturated heterocycles. The fourth-order valence-electron chi connectivity index (χ4n) is 3.50. The van der Waals surface area contributed by atoms with Gasteiger partial charge < -0.3 is 20.1 Å². The molecular weight excluding hydrogens is 435 g/mol. The fourth-order valence-corrected chi connectivity index (χ4v) is 3.79. The van der Waals surface area contributed by atoms with Gasteiger partial charge in [0.15, 0.2) is 5.11 Å². The van der Waals surface area contributed by atoms with Gasteiger partial charge in [-0.05, 0) is 66.7 Å². The van der Waals surface area contributed by atoms with Gasteiger partial charge in [0.05, 0.1) is 6.04 Å². The van der Waals surface area contributed by atoms with Gasteiger partial charge in [0.2, 0.25) is 0 Å². The van der Waals surface area contributed by atoms with Crippen LogP contribution in [0.5, 0.6) is 0 Å². The van der Waals surface area contributed by atoms with Crippen LogP contribution in [-0.2, 0) is 0 Å². The minimum absolute atomic E-state index is 0.0525. The molecule has 168 valence electrons. The number of nitrogens with zero attached hydrogens (tertiary/aromatic N) is 2. The van der Waals surface area contributed by atoms with Crippen LogP contribution in [0.15, 0.2) is 83.6 Å². The Balaban J connectivity index is 1.43. The molecule has 0 amide bonds. The highest BCUT2D eigenvalue weighted by Gasteiger charge is 2.13. The van der Waals surface area contributed by atoms with Gasteiger partial charge in [-0.1, -0.05) is 41.6 Å². The van der Waals surface area contributed by atoms with Gasteiger partial charge in [-0.25, -0.2) is 4.39 Å². The lowest BCUT2D eigenvalue weighted by Crippen LogP contribution is -2.30. The topological polar surface area (TPSA) is 53.3 Å². The molecule has 0 aliphatic heterocycles. The van der Waals surface area contributed by atoms with Crippen LogP contribution in [0.2, 0.25) is 0 Å². The first-order chi connectivity index (χ1) is 15.9. The molecule has 33 heavy (non-hydrogen) atoms. The lowest BCUT2D eigenvalue weighted by Gasteiger charge is -2.17. The molecule has 7 heteroatoms. The van der Waals surface area contributed by atoms with E-state index in [4.69, 9.17) is 16.7 Å². The first-order valence-electron chi connectivity index (χ1n) is 10.6. The Hall–Kier alpha value is -3.71. The van der Waals surface area contributed by atoms with Crippen LogP contribution in [0, 0.1) is 5.82 Å². The van der Waals surface area contributed by atoms with E-state index in [-0.39, 0.29) is 11.9 Å². The van der Waals surface area contributed by atoms with Crippen molar-refractivity contribution in [2.75, 3.05) is 24.3 Å². The van der Waals surface area contributed by atoms with Crippen molar-refractivity contribution in [1.82, 2.24) is 10.5 Å². The maximum Gasteiger partial charge on any atom is 0.171 e. The number of aromatic nitrogens is 1. The molecule has 0 radical (unpaired) electrons. The molecule has 4 aromatic rings. The van der Waals surface area contributed by atoms with Gasteiger partial charge >= 0.3 is 0 Å². The highest BCUT2D eigenvalue weighted by molar-refractivity contribution is 7.80. The zero-order valence-electron chi connectivity index (χ0n) is 18.7. The second-order valence-electron chi connectivity index (χ2n) is 7.97. The quantitative estimate of drug-likeness (QED) is 0.331. The van der Waals surface area contributed by atoms with Gasteiger partial charge in [0.1, 0.15) is 17.8 Å². The molecule has 3 aromatic carbocycles. The summed E-state index contributed by atoms with van der Waals surface area (Å²) < 4.78 is 18.4. The summed E-state index contributed by atoms with van der Waals surface area (Å²) in [5.74, 6) is -0.256. The van der Waals surface area contributed by atoms with E-state index in [0.717, 1.165) is 39.3 Å². The maximum atomic E-state index is 13.1. The Labute approximate surface area is 198 Å². The van der Waals surface area contributed by atoms with Crippen molar-refractivity contribution in [3.05, 3.63) is 90.4 Å². The fraction of sp³-hybridized carbons (Fsp3) is 0.154. The van der Waals surface area contributed by atoms with E-state index in [2.05, 4.69) is 32.8 Å². The number of rotatable bonds is 6. The minimum atomic E-state index is -0.256. The molecule has 0 fully saturated rings. The number of benzene rings is 3. The third-order valence-electron chi connectivity index (χ3n) is 5.40. The van der Waals surface area contributed by atoms with Gasteiger partial charge in [-0.2, -0.15) is 0 Å². The van der Waals surface area contributed by atoms with E-state index in [1.54, 1.807) is 18.4 Å². The molecule has 1 aromatic heterocycles. The van der Waals surface area contributed by atoms with Crippen LogP contribution >= 0.6 is 12.2 Å². The molecule has 5 nitrogen and oxygen atoms in total. The van der Waals surface area contributed by atoms with Crippen molar-refractivity contribution in [1.29, 1.82) is 0 Å². The summed E-state index contributed by atoms with van der Waals surface area (Å²) in [5, 5.41) is 11.1. The Bertz CT molecular complexity index is 1220. The SMILES string of the molecule is CC(NC(=S)Nc1ccc(-c2conc2-c2ccc(N(C)C)cc2)cc1)c1ccc(F)cc1. The summed E-state index contributed by atoms with van der Waals surface area (Å²) >= 11 is 5.44. The zero-order valence-corrected chi connectivity index (χ0v) is 19.5. The van der Waals surface area contributed by atoms with Crippen LogP contribution in [0.1, 0.15) is 18.5 Å². The number of halogens is 1. The normalized spacial score (nSPS) is 11.6. The van der Waals surface area contributed by atoms with Crippen molar-refractivity contribution >= 4 is 28.7 Å². The highest BCUT2D eigenvalue weighted by Crippen LogP contribution is 2.32. The van der Waals surface area contributed by atoms with E-state index in [9.17, 15) is 4.39 Å². The monoisotopic (exact) mass is 460 g/mol. The van der Waals surface area contributed by atoms with Gasteiger partial charge in [0.25, 0.3) is 0 Å². The van der Waals surface area contributed by atoms with Crippen molar-refractivity contribution in [3.8, 4) is 22.4 Å². The van der Waals surface area contributed by atoms with Crippen LogP contribution in [0.4, 0.5) is 15.8 Å². The molecule has 0 aliphatic carbocycles. The van der Waals surface area contributed by atoms with Crippen LogP contribution < -0.4 is 15.5 Å². The highest BCUT2D eigenvalue weighted by atomic mass is 32.1. The Kier molecular flexibility index (Phi) is 6.70. The van der Waals surface area contributed by atoms with Gasteiger partial charge in [-0.3, -0.25) is 0 Å². The minimum Gasteiger partial charge on any atom is -0.378 e. The number of anilines is 2. The first kappa shape index (κ1) is 22.5. The van der Waals surface area contributed by atoms with Gasteiger partial charge in [0, 0.05) is 36.6 Å². The number of nitrogens with one attached hydrogen (secondary N) is 2. The van der Waals surface area contributed by atoms with Gasteiger partial charge in [-0.15, -0.1) is 0 Å². The third kappa shape index (κ3) is 5.38. The third-order valence-corrected chi connectivity index (χ3v) is 5.62. The molecule has 1 atom stereocenters. The van der Waals surface area contributed by atoms with Crippen LogP contribution in [-0.4, -0.2) is 24.4 Å². The zero-order chi connectivity index (χ0) is 23.4. The van der Waals surface area contributed by atoms with E-state index < -0.39 is 0 Å². The lowest BCUT2D eigenvalue weighted by atomic mass is 10.0. The standard InChI is InChI=1S/C26H25FN4OS/c1-17(18-4-10-21(27)11-5-18)28-26(33)29-22-12-6-19(7-13-22)24-16-32-30-25(24)20-8-14-23(15-9-20)31(2)3/h4-17H,1-3H3,(H2,28,29,33). The molecule has 1 unspecified atom stereocenters. The number of thiocarbonyl (C=S) groups is 1.